The van der Waals surface area contributed by atoms with Gasteiger partial charge >= 0.3 is 0 Å². The van der Waals surface area contributed by atoms with Crippen LogP contribution in [0.1, 0.15) is 23.7 Å². The van der Waals surface area contributed by atoms with Crippen molar-refractivity contribution in [2.24, 2.45) is 11.8 Å². The minimum Gasteiger partial charge on any atom is -0.356 e. The molecule has 1 saturated carbocycles. The number of aromatic nitrogens is 1. The van der Waals surface area contributed by atoms with E-state index in [2.05, 4.69) is 20.9 Å². The lowest BCUT2D eigenvalue weighted by molar-refractivity contribution is -0.120. The topological polar surface area (TPSA) is 100 Å². The number of rotatable bonds is 6. The van der Waals surface area contributed by atoms with Gasteiger partial charge < -0.3 is 16.0 Å². The van der Waals surface area contributed by atoms with Crippen molar-refractivity contribution in [3.8, 4) is 0 Å². The van der Waals surface area contributed by atoms with E-state index >= 15 is 0 Å². The minimum atomic E-state index is -0.730. The van der Waals surface area contributed by atoms with Crippen molar-refractivity contribution in [2.45, 2.75) is 13.3 Å². The Hall–Kier alpha value is -3.00. The predicted octanol–water partition coefficient (Wildman–Crippen LogP) is 2.84. The van der Waals surface area contributed by atoms with Crippen molar-refractivity contribution < 1.29 is 18.8 Å². The normalized spacial score (nSPS) is 17.5. The summed E-state index contributed by atoms with van der Waals surface area (Å²) in [7, 11) is 0. The second-order valence-corrected chi connectivity index (χ2v) is 6.92. The monoisotopic (exact) mass is 404 g/mol. The highest BCUT2D eigenvalue weighted by atomic mass is 35.5. The van der Waals surface area contributed by atoms with Crippen molar-refractivity contribution in [1.82, 2.24) is 10.3 Å². The summed E-state index contributed by atoms with van der Waals surface area (Å²) in [5, 5.41) is 7.91. The molecular formula is C19H18ClFN4O3. The van der Waals surface area contributed by atoms with E-state index in [1.54, 1.807) is 0 Å². The van der Waals surface area contributed by atoms with Crippen molar-refractivity contribution in [3.63, 3.8) is 0 Å². The number of carbonyl (C=O) groups excluding carboxylic acids is 3. The zero-order chi connectivity index (χ0) is 20.3. The van der Waals surface area contributed by atoms with Gasteiger partial charge in [0, 0.05) is 37.3 Å². The molecule has 2 aromatic rings. The zero-order valence-corrected chi connectivity index (χ0v) is 15.7. The van der Waals surface area contributed by atoms with E-state index < -0.39 is 11.7 Å². The number of carbonyl (C=O) groups is 3. The SMILES string of the molecule is CC(=O)NC[C@H]1C[C@H]1C(=O)Nc1cc(NC(=O)c2c(F)cccc2Cl)ccn1. The fraction of sp³-hybridized carbons (Fsp3) is 0.263. The molecule has 2 atom stereocenters. The largest absolute Gasteiger partial charge is 0.356 e. The van der Waals surface area contributed by atoms with Crippen molar-refractivity contribution in [1.29, 1.82) is 0 Å². The first-order chi connectivity index (χ1) is 13.3. The van der Waals surface area contributed by atoms with Crippen LogP contribution in [0.25, 0.3) is 0 Å². The van der Waals surface area contributed by atoms with Gasteiger partial charge in [-0.15, -0.1) is 0 Å². The molecule has 7 nitrogen and oxygen atoms in total. The summed E-state index contributed by atoms with van der Waals surface area (Å²) in [4.78, 5) is 39.5. The standard InChI is InChI=1S/C19H18ClFN4O3/c1-10(26)23-9-11-7-13(11)18(27)25-16-8-12(5-6-22-16)24-19(28)17-14(20)3-2-4-15(17)21/h2-6,8,11,13H,7,9H2,1H3,(H,23,26)(H2,22,24,25,27,28)/t11-,13-/m1/s1. The fourth-order valence-corrected chi connectivity index (χ4v) is 3.02. The molecule has 3 amide bonds. The van der Waals surface area contributed by atoms with E-state index in [-0.39, 0.29) is 40.1 Å². The van der Waals surface area contributed by atoms with Gasteiger partial charge in [-0.1, -0.05) is 17.7 Å². The molecule has 0 unspecified atom stereocenters. The summed E-state index contributed by atoms with van der Waals surface area (Å²) in [5.74, 6) is -1.60. The van der Waals surface area contributed by atoms with Crippen molar-refractivity contribution >= 4 is 40.8 Å². The van der Waals surface area contributed by atoms with Crippen LogP contribution in [0.2, 0.25) is 5.02 Å². The van der Waals surface area contributed by atoms with Gasteiger partial charge in [0.25, 0.3) is 5.91 Å². The van der Waals surface area contributed by atoms with Gasteiger partial charge in [-0.05, 0) is 30.5 Å². The Kier molecular flexibility index (Phi) is 5.89. The van der Waals surface area contributed by atoms with E-state index in [0.717, 1.165) is 6.07 Å². The number of nitrogens with zero attached hydrogens (tertiary/aromatic N) is 1. The molecule has 146 valence electrons. The lowest BCUT2D eigenvalue weighted by atomic mass is 10.2. The van der Waals surface area contributed by atoms with Gasteiger partial charge in [0.05, 0.1) is 10.6 Å². The second-order valence-electron chi connectivity index (χ2n) is 6.51. The minimum absolute atomic E-state index is 0.000900. The third kappa shape index (κ3) is 4.83. The highest BCUT2D eigenvalue weighted by molar-refractivity contribution is 6.34. The molecule has 28 heavy (non-hydrogen) atoms. The molecule has 0 bridgehead atoms. The number of benzene rings is 1. The Morgan fingerprint density at radius 1 is 1.25 bits per heavy atom. The first kappa shape index (κ1) is 19.8. The highest BCUT2D eigenvalue weighted by Crippen LogP contribution is 2.38. The Morgan fingerprint density at radius 3 is 2.75 bits per heavy atom. The van der Waals surface area contributed by atoms with Crippen LogP contribution in [0.15, 0.2) is 36.5 Å². The average Bonchev–Trinajstić information content (AvgIpc) is 3.40. The molecule has 0 aliphatic heterocycles. The molecular weight excluding hydrogens is 387 g/mol. The van der Waals surface area contributed by atoms with Crippen molar-refractivity contribution in [3.05, 3.63) is 52.9 Å². The molecule has 0 saturated heterocycles. The number of hydrogen-bond acceptors (Lipinski definition) is 4. The van der Waals surface area contributed by atoms with Gasteiger partial charge in [0.15, 0.2) is 0 Å². The number of hydrogen-bond donors (Lipinski definition) is 3. The quantitative estimate of drug-likeness (QED) is 0.689. The first-order valence-corrected chi connectivity index (χ1v) is 8.99. The molecule has 1 aromatic carbocycles. The average molecular weight is 405 g/mol. The van der Waals surface area contributed by atoms with Crippen LogP contribution < -0.4 is 16.0 Å². The summed E-state index contributed by atoms with van der Waals surface area (Å²) in [6.45, 7) is 1.88. The van der Waals surface area contributed by atoms with Crippen LogP contribution in [0.3, 0.4) is 0 Å². The zero-order valence-electron chi connectivity index (χ0n) is 15.0. The van der Waals surface area contributed by atoms with Gasteiger partial charge in [-0.2, -0.15) is 0 Å². The second kappa shape index (κ2) is 8.35. The molecule has 0 spiro atoms. The number of amides is 3. The fourth-order valence-electron chi connectivity index (χ4n) is 2.77. The molecule has 0 radical (unpaired) electrons. The molecule has 1 aliphatic carbocycles. The Labute approximate surface area is 165 Å². The van der Waals surface area contributed by atoms with Gasteiger partial charge in [-0.25, -0.2) is 9.37 Å². The predicted molar refractivity (Wildman–Crippen MR) is 103 cm³/mol. The summed E-state index contributed by atoms with van der Waals surface area (Å²) in [5.41, 5.74) is 0.0746. The molecule has 1 aromatic heterocycles. The van der Waals surface area contributed by atoms with Crippen molar-refractivity contribution in [2.75, 3.05) is 17.2 Å². The van der Waals surface area contributed by atoms with Crippen LogP contribution in [-0.2, 0) is 9.59 Å². The molecule has 3 rings (SSSR count). The van der Waals surface area contributed by atoms with Crippen LogP contribution in [0, 0.1) is 17.7 Å². The van der Waals surface area contributed by atoms with E-state index in [9.17, 15) is 18.8 Å². The lowest BCUT2D eigenvalue weighted by Crippen LogP contribution is -2.24. The van der Waals surface area contributed by atoms with E-state index in [4.69, 9.17) is 11.6 Å². The Morgan fingerprint density at radius 2 is 2.04 bits per heavy atom. The first-order valence-electron chi connectivity index (χ1n) is 8.62. The maximum absolute atomic E-state index is 13.9. The molecule has 1 heterocycles. The number of pyridine rings is 1. The van der Waals surface area contributed by atoms with Gasteiger partial charge in [-0.3, -0.25) is 14.4 Å². The van der Waals surface area contributed by atoms with E-state index in [0.29, 0.717) is 18.7 Å². The van der Waals surface area contributed by atoms with Gasteiger partial charge in [0.1, 0.15) is 11.6 Å². The Balaban J connectivity index is 1.61. The summed E-state index contributed by atoms with van der Waals surface area (Å²) in [6, 6.07) is 6.96. The maximum atomic E-state index is 13.9. The number of anilines is 2. The number of nitrogens with one attached hydrogen (secondary N) is 3. The molecule has 3 N–H and O–H groups in total. The van der Waals surface area contributed by atoms with E-state index in [1.165, 1.54) is 37.4 Å². The lowest BCUT2D eigenvalue weighted by Gasteiger charge is -2.09. The molecule has 1 aliphatic rings. The van der Waals surface area contributed by atoms with Gasteiger partial charge in [0.2, 0.25) is 11.8 Å². The molecule has 9 heteroatoms. The smallest absolute Gasteiger partial charge is 0.260 e. The highest BCUT2D eigenvalue weighted by Gasteiger charge is 2.42. The summed E-state index contributed by atoms with van der Waals surface area (Å²) >= 11 is 5.89. The summed E-state index contributed by atoms with van der Waals surface area (Å²) < 4.78 is 13.9. The van der Waals surface area contributed by atoms with Crippen LogP contribution in [-0.4, -0.2) is 29.3 Å². The van der Waals surface area contributed by atoms with Crippen LogP contribution >= 0.6 is 11.6 Å². The Bertz CT molecular complexity index is 917. The molecule has 1 fully saturated rings. The third-order valence-electron chi connectivity index (χ3n) is 4.33. The van der Waals surface area contributed by atoms with Crippen LogP contribution in [0.4, 0.5) is 15.9 Å². The van der Waals surface area contributed by atoms with Crippen LogP contribution in [0.5, 0.6) is 0 Å². The number of halogens is 2. The summed E-state index contributed by atoms with van der Waals surface area (Å²) in [6.07, 6.45) is 2.10. The third-order valence-corrected chi connectivity index (χ3v) is 4.65. The maximum Gasteiger partial charge on any atom is 0.260 e. The van der Waals surface area contributed by atoms with E-state index in [1.807, 2.05) is 0 Å².